The van der Waals surface area contributed by atoms with Gasteiger partial charge in [0.1, 0.15) is 11.6 Å². The van der Waals surface area contributed by atoms with Crippen LogP contribution in [0.3, 0.4) is 0 Å². The maximum absolute atomic E-state index is 13.2. The lowest BCUT2D eigenvalue weighted by molar-refractivity contribution is 0.589. The number of nitrogens with zero attached hydrogens (tertiary/aromatic N) is 1. The smallest absolute Gasteiger partial charge is 0.208 e. The number of sulfonamides is 1. The third-order valence-corrected chi connectivity index (χ3v) is 4.24. The topological polar surface area (TPSA) is 86.9 Å². The number of pyridine rings is 1. The molecule has 0 saturated carbocycles. The minimum absolute atomic E-state index is 0.281. The molecule has 126 valence electrons. The summed E-state index contributed by atoms with van der Waals surface area (Å²) < 4.78 is 37.6. The van der Waals surface area contributed by atoms with E-state index < -0.39 is 10.0 Å². The average molecular weight is 348 g/mol. The lowest BCUT2D eigenvalue weighted by Gasteiger charge is -2.07. The third kappa shape index (κ3) is 3.90. The molecule has 0 aliphatic carbocycles. The Kier molecular flexibility index (Phi) is 4.50. The molecule has 0 atom stereocenters. The molecule has 0 amide bonds. The summed E-state index contributed by atoms with van der Waals surface area (Å²) in [6.07, 6.45) is 4.66. The lowest BCUT2D eigenvalue weighted by atomic mass is 10.1. The van der Waals surface area contributed by atoms with Gasteiger partial charge in [0, 0.05) is 47.5 Å². The van der Waals surface area contributed by atoms with Crippen molar-refractivity contribution >= 4 is 26.7 Å². The number of hydrogen-bond donors (Lipinski definition) is 3. The molecular weight excluding hydrogens is 331 g/mol. The molecule has 0 aliphatic heterocycles. The van der Waals surface area contributed by atoms with Gasteiger partial charge in [-0.25, -0.2) is 22.5 Å². The molecule has 0 unspecified atom stereocenters. The van der Waals surface area contributed by atoms with Gasteiger partial charge in [-0.2, -0.15) is 0 Å². The highest BCUT2D eigenvalue weighted by molar-refractivity contribution is 7.88. The van der Waals surface area contributed by atoms with E-state index in [-0.39, 0.29) is 12.4 Å². The van der Waals surface area contributed by atoms with Crippen molar-refractivity contribution in [2.45, 2.75) is 0 Å². The molecule has 0 fully saturated rings. The molecule has 3 N–H and O–H groups in total. The van der Waals surface area contributed by atoms with Gasteiger partial charge in [0.15, 0.2) is 0 Å². The number of aromatic nitrogens is 2. The summed E-state index contributed by atoms with van der Waals surface area (Å²) in [6, 6.07) is 8.34. The Labute approximate surface area is 139 Å². The van der Waals surface area contributed by atoms with Crippen LogP contribution in [0, 0.1) is 5.82 Å². The second-order valence-corrected chi connectivity index (χ2v) is 7.25. The van der Waals surface area contributed by atoms with E-state index in [2.05, 4.69) is 20.0 Å². The highest BCUT2D eigenvalue weighted by Gasteiger charge is 2.07. The van der Waals surface area contributed by atoms with Gasteiger partial charge in [-0.15, -0.1) is 0 Å². The van der Waals surface area contributed by atoms with Crippen molar-refractivity contribution in [1.29, 1.82) is 0 Å². The Morgan fingerprint density at radius 1 is 1.21 bits per heavy atom. The Balaban J connectivity index is 1.70. The van der Waals surface area contributed by atoms with Crippen molar-refractivity contribution in [3.05, 3.63) is 48.5 Å². The van der Waals surface area contributed by atoms with E-state index >= 15 is 0 Å². The number of aromatic amines is 1. The molecule has 0 aliphatic rings. The zero-order valence-electron chi connectivity index (χ0n) is 13.0. The number of anilines is 1. The van der Waals surface area contributed by atoms with E-state index in [1.165, 1.54) is 12.1 Å². The first-order chi connectivity index (χ1) is 11.4. The molecule has 24 heavy (non-hydrogen) atoms. The molecule has 0 spiro atoms. The van der Waals surface area contributed by atoms with Gasteiger partial charge in [0.05, 0.1) is 6.26 Å². The van der Waals surface area contributed by atoms with Gasteiger partial charge in [-0.1, -0.05) is 0 Å². The molecule has 6 nitrogen and oxygen atoms in total. The number of nitrogens with one attached hydrogen (secondary N) is 3. The predicted octanol–water partition coefficient (Wildman–Crippen LogP) is 2.33. The third-order valence-electron chi connectivity index (χ3n) is 3.51. The molecule has 2 heterocycles. The Morgan fingerprint density at radius 3 is 2.75 bits per heavy atom. The van der Waals surface area contributed by atoms with Gasteiger partial charge < -0.3 is 10.3 Å². The second kappa shape index (κ2) is 6.58. The highest BCUT2D eigenvalue weighted by atomic mass is 32.2. The van der Waals surface area contributed by atoms with E-state index in [1.54, 1.807) is 12.3 Å². The van der Waals surface area contributed by atoms with E-state index in [4.69, 9.17) is 0 Å². The summed E-state index contributed by atoms with van der Waals surface area (Å²) in [7, 11) is -3.18. The van der Waals surface area contributed by atoms with Gasteiger partial charge in [-0.05, 0) is 30.3 Å². The van der Waals surface area contributed by atoms with E-state index in [9.17, 15) is 12.8 Å². The first kappa shape index (κ1) is 16.4. The van der Waals surface area contributed by atoms with Gasteiger partial charge in [0.25, 0.3) is 0 Å². The maximum atomic E-state index is 13.2. The minimum atomic E-state index is -3.18. The number of fused-ring (bicyclic) bond motifs is 1. The minimum Gasteiger partial charge on any atom is -0.369 e. The molecule has 1 aromatic carbocycles. The van der Waals surface area contributed by atoms with Gasteiger partial charge >= 0.3 is 0 Å². The molecular formula is C16H17FN4O2S. The van der Waals surface area contributed by atoms with Gasteiger partial charge in [0.2, 0.25) is 10.0 Å². The number of halogens is 1. The molecule has 3 rings (SSSR count). The monoisotopic (exact) mass is 348 g/mol. The van der Waals surface area contributed by atoms with Crippen LogP contribution in [-0.2, 0) is 10.0 Å². The Morgan fingerprint density at radius 2 is 2.04 bits per heavy atom. The molecule has 0 saturated heterocycles. The second-order valence-electron chi connectivity index (χ2n) is 5.42. The van der Waals surface area contributed by atoms with Crippen molar-refractivity contribution < 1.29 is 12.8 Å². The number of H-pyrrole nitrogens is 1. The van der Waals surface area contributed by atoms with Crippen molar-refractivity contribution in [1.82, 2.24) is 14.7 Å². The first-order valence-electron chi connectivity index (χ1n) is 7.34. The van der Waals surface area contributed by atoms with Crippen molar-refractivity contribution in [2.24, 2.45) is 0 Å². The van der Waals surface area contributed by atoms with Crippen LogP contribution in [0.4, 0.5) is 10.2 Å². The van der Waals surface area contributed by atoms with Crippen LogP contribution >= 0.6 is 0 Å². The largest absolute Gasteiger partial charge is 0.369 e. The fourth-order valence-corrected chi connectivity index (χ4v) is 2.89. The molecule has 0 bridgehead atoms. The average Bonchev–Trinajstić information content (AvgIpc) is 2.94. The number of hydrogen-bond acceptors (Lipinski definition) is 4. The normalized spacial score (nSPS) is 11.8. The summed E-state index contributed by atoms with van der Waals surface area (Å²) in [6.45, 7) is 0.724. The summed E-state index contributed by atoms with van der Waals surface area (Å²) >= 11 is 0. The lowest BCUT2D eigenvalue weighted by Crippen LogP contribution is -2.27. The van der Waals surface area contributed by atoms with Crippen molar-refractivity contribution in [2.75, 3.05) is 24.7 Å². The van der Waals surface area contributed by atoms with Crippen LogP contribution in [0.5, 0.6) is 0 Å². The summed E-state index contributed by atoms with van der Waals surface area (Å²) in [5.41, 5.74) is 2.59. The highest BCUT2D eigenvalue weighted by Crippen LogP contribution is 2.28. The van der Waals surface area contributed by atoms with Gasteiger partial charge in [-0.3, -0.25) is 0 Å². The van der Waals surface area contributed by atoms with E-state index in [0.29, 0.717) is 12.4 Å². The first-order valence-corrected chi connectivity index (χ1v) is 9.23. The van der Waals surface area contributed by atoms with E-state index in [0.717, 1.165) is 28.3 Å². The maximum Gasteiger partial charge on any atom is 0.208 e. The van der Waals surface area contributed by atoms with Crippen LogP contribution in [-0.4, -0.2) is 37.7 Å². The standard InChI is InChI=1S/C16H17FN4O2S/c1-24(22,23)21-7-6-18-16-5-2-11(9-20-16)14-10-19-15-8-12(17)3-4-13(14)15/h2-5,8-10,19,21H,6-7H2,1H3,(H,18,20). The van der Waals surface area contributed by atoms with E-state index in [1.807, 2.05) is 18.3 Å². The fraction of sp³-hybridized carbons (Fsp3) is 0.188. The van der Waals surface area contributed by atoms with Crippen LogP contribution in [0.25, 0.3) is 22.0 Å². The molecule has 3 aromatic rings. The Hall–Kier alpha value is -2.45. The fourth-order valence-electron chi connectivity index (χ4n) is 2.42. The molecule has 0 radical (unpaired) electrons. The SMILES string of the molecule is CS(=O)(=O)NCCNc1ccc(-c2c[nH]c3cc(F)ccc23)cn1. The Bertz CT molecular complexity index is 952. The number of benzene rings is 1. The van der Waals surface area contributed by atoms with Crippen LogP contribution in [0.15, 0.2) is 42.7 Å². The van der Waals surface area contributed by atoms with Crippen LogP contribution in [0.1, 0.15) is 0 Å². The molecule has 2 aromatic heterocycles. The van der Waals surface area contributed by atoms with Crippen molar-refractivity contribution in [3.8, 4) is 11.1 Å². The van der Waals surface area contributed by atoms with Crippen LogP contribution in [0.2, 0.25) is 0 Å². The quantitative estimate of drug-likeness (QED) is 0.597. The predicted molar refractivity (Wildman–Crippen MR) is 92.8 cm³/mol. The molecule has 8 heteroatoms. The summed E-state index contributed by atoms with van der Waals surface area (Å²) in [5.74, 6) is 0.371. The number of rotatable bonds is 6. The summed E-state index contributed by atoms with van der Waals surface area (Å²) in [5, 5.41) is 3.97. The zero-order valence-corrected chi connectivity index (χ0v) is 13.8. The van der Waals surface area contributed by atoms with Crippen LogP contribution < -0.4 is 10.0 Å². The zero-order chi connectivity index (χ0) is 17.2. The summed E-state index contributed by atoms with van der Waals surface area (Å²) in [4.78, 5) is 7.37. The van der Waals surface area contributed by atoms with Crippen molar-refractivity contribution in [3.63, 3.8) is 0 Å².